The van der Waals surface area contributed by atoms with Gasteiger partial charge in [0.2, 0.25) is 5.91 Å². The molecule has 2 atom stereocenters. The van der Waals surface area contributed by atoms with E-state index in [-0.39, 0.29) is 0 Å². The molecule has 1 saturated carbocycles. The molecule has 150 valence electrons. The van der Waals surface area contributed by atoms with Crippen molar-refractivity contribution in [2.24, 2.45) is 11.5 Å². The molecule has 1 heterocycles. The fraction of sp³-hybridized carbons (Fsp3) is 0.900. The van der Waals surface area contributed by atoms with E-state index in [2.05, 4.69) is 0 Å². The lowest BCUT2D eigenvalue weighted by Crippen LogP contribution is -2.54. The average molecular weight is 369 g/mol. The minimum Gasteiger partial charge on any atom is -0.367 e. The Morgan fingerprint density at radius 3 is 1.46 bits per heavy atom. The Hall–Kier alpha value is -1.14. The summed E-state index contributed by atoms with van der Waals surface area (Å²) < 4.78 is 12.1. The van der Waals surface area contributed by atoms with Crippen molar-refractivity contribution in [3.8, 4) is 0 Å². The largest absolute Gasteiger partial charge is 0.367 e. The molecule has 0 aromatic carbocycles. The highest BCUT2D eigenvalue weighted by Crippen LogP contribution is 2.43. The molecule has 0 bridgehead atoms. The number of primary amides is 2. The van der Waals surface area contributed by atoms with E-state index in [4.69, 9.17) is 20.9 Å². The Bertz CT molecular complexity index is 466. The molecule has 6 heteroatoms. The lowest BCUT2D eigenvalue weighted by atomic mass is 9.97. The normalized spacial score (nSPS) is 31.8. The third-order valence-corrected chi connectivity index (χ3v) is 5.84. The van der Waals surface area contributed by atoms with E-state index in [1.165, 1.54) is 58.3 Å². The van der Waals surface area contributed by atoms with E-state index in [9.17, 15) is 9.59 Å². The van der Waals surface area contributed by atoms with Crippen LogP contribution in [0.2, 0.25) is 0 Å². The number of ether oxygens (including phenoxy) is 2. The number of carbonyl (C=O) groups is 2. The zero-order valence-electron chi connectivity index (χ0n) is 16.3. The van der Waals surface area contributed by atoms with Crippen LogP contribution in [0.4, 0.5) is 0 Å². The molecule has 0 aromatic heterocycles. The molecule has 0 radical (unpaired) electrons. The summed E-state index contributed by atoms with van der Waals surface area (Å²) in [5, 5.41) is 0. The average Bonchev–Trinajstić information content (AvgIpc) is 2.89. The van der Waals surface area contributed by atoms with Gasteiger partial charge in [-0.2, -0.15) is 0 Å². The van der Waals surface area contributed by atoms with E-state index >= 15 is 0 Å². The molecule has 1 aliphatic heterocycles. The molecule has 2 fully saturated rings. The van der Waals surface area contributed by atoms with Gasteiger partial charge in [-0.25, -0.2) is 0 Å². The van der Waals surface area contributed by atoms with E-state index in [0.717, 1.165) is 25.7 Å². The van der Waals surface area contributed by atoms with E-state index < -0.39 is 29.3 Å². The standard InChI is InChI=1S/C20H36N2O4/c1-19(18(22)24)16(17(21)23)25-20(26-19)14-12-10-8-6-4-2-3-5-7-9-11-13-15-20/h16H,2-15H2,1H3,(H2,21,23)(H2,22,24). The van der Waals surface area contributed by atoms with Crippen LogP contribution in [0, 0.1) is 0 Å². The van der Waals surface area contributed by atoms with Crippen molar-refractivity contribution in [1.29, 1.82) is 0 Å². The minimum atomic E-state index is -1.49. The summed E-state index contributed by atoms with van der Waals surface area (Å²) >= 11 is 0. The maximum atomic E-state index is 12.0. The summed E-state index contributed by atoms with van der Waals surface area (Å²) in [5.74, 6) is -2.32. The Kier molecular flexibility index (Phi) is 7.89. The smallest absolute Gasteiger partial charge is 0.252 e. The van der Waals surface area contributed by atoms with Crippen LogP contribution in [0.5, 0.6) is 0 Å². The quantitative estimate of drug-likeness (QED) is 0.780. The highest BCUT2D eigenvalue weighted by molar-refractivity contribution is 5.93. The lowest BCUT2D eigenvalue weighted by Gasteiger charge is -2.30. The molecule has 2 aliphatic rings. The molecule has 2 unspecified atom stereocenters. The van der Waals surface area contributed by atoms with Crippen LogP contribution in [-0.2, 0) is 19.1 Å². The first-order valence-electron chi connectivity index (χ1n) is 10.4. The molecule has 1 spiro atoms. The van der Waals surface area contributed by atoms with Gasteiger partial charge in [-0.3, -0.25) is 9.59 Å². The van der Waals surface area contributed by atoms with Crippen LogP contribution in [0.15, 0.2) is 0 Å². The third kappa shape index (κ3) is 5.43. The highest BCUT2D eigenvalue weighted by atomic mass is 16.8. The lowest BCUT2D eigenvalue weighted by molar-refractivity contribution is -0.199. The second-order valence-electron chi connectivity index (χ2n) is 8.13. The Morgan fingerprint density at radius 1 is 0.769 bits per heavy atom. The van der Waals surface area contributed by atoms with Gasteiger partial charge in [-0.1, -0.05) is 64.2 Å². The van der Waals surface area contributed by atoms with E-state index in [1.807, 2.05) is 0 Å². The topological polar surface area (TPSA) is 105 Å². The minimum absolute atomic E-state index is 0.666. The molecule has 1 aliphatic carbocycles. The number of hydrogen-bond acceptors (Lipinski definition) is 4. The van der Waals surface area contributed by atoms with Gasteiger partial charge in [0.25, 0.3) is 5.91 Å². The number of nitrogens with two attached hydrogens (primary N) is 2. The first-order chi connectivity index (χ1) is 12.4. The molecular formula is C20H36N2O4. The van der Waals surface area contributed by atoms with Crippen LogP contribution >= 0.6 is 0 Å². The third-order valence-electron chi connectivity index (χ3n) is 5.84. The highest BCUT2D eigenvalue weighted by Gasteiger charge is 2.59. The Balaban J connectivity index is 2.08. The molecule has 2 rings (SSSR count). The van der Waals surface area contributed by atoms with Gasteiger partial charge < -0.3 is 20.9 Å². The second kappa shape index (κ2) is 9.70. The SMILES string of the molecule is CC1(C(N)=O)OC2(CCCCCCCCCCCCCC2)OC1C(N)=O. The fourth-order valence-electron chi connectivity index (χ4n) is 4.20. The summed E-state index contributed by atoms with van der Waals surface area (Å²) in [6.45, 7) is 1.52. The second-order valence-corrected chi connectivity index (χ2v) is 8.13. The summed E-state index contributed by atoms with van der Waals surface area (Å²) in [5.41, 5.74) is 9.51. The molecular weight excluding hydrogens is 332 g/mol. The van der Waals surface area contributed by atoms with Crippen molar-refractivity contribution in [3.05, 3.63) is 0 Å². The number of carbonyl (C=O) groups excluding carboxylic acids is 2. The van der Waals surface area contributed by atoms with Gasteiger partial charge >= 0.3 is 0 Å². The number of hydrogen-bond donors (Lipinski definition) is 2. The van der Waals surface area contributed by atoms with Crippen LogP contribution in [0.25, 0.3) is 0 Å². The molecule has 6 nitrogen and oxygen atoms in total. The Labute approximate surface area is 157 Å². The van der Waals surface area contributed by atoms with Crippen molar-refractivity contribution in [2.45, 2.75) is 114 Å². The maximum Gasteiger partial charge on any atom is 0.252 e. The zero-order chi connectivity index (χ0) is 19.0. The summed E-state index contributed by atoms with van der Waals surface area (Å²) in [6.07, 6.45) is 14.5. The van der Waals surface area contributed by atoms with E-state index in [1.54, 1.807) is 0 Å². The summed E-state index contributed by atoms with van der Waals surface area (Å²) in [6, 6.07) is 0. The van der Waals surface area contributed by atoms with Crippen LogP contribution < -0.4 is 11.5 Å². The first-order valence-corrected chi connectivity index (χ1v) is 10.4. The van der Waals surface area contributed by atoms with Gasteiger partial charge in [-0.05, 0) is 19.8 Å². The predicted octanol–water partition coefficient (Wildman–Crippen LogP) is 3.30. The van der Waals surface area contributed by atoms with Crippen molar-refractivity contribution >= 4 is 11.8 Å². The number of rotatable bonds is 2. The van der Waals surface area contributed by atoms with E-state index in [0.29, 0.717) is 12.8 Å². The van der Waals surface area contributed by atoms with Gasteiger partial charge in [-0.15, -0.1) is 0 Å². The van der Waals surface area contributed by atoms with Crippen molar-refractivity contribution in [1.82, 2.24) is 0 Å². The molecule has 1 saturated heterocycles. The van der Waals surface area contributed by atoms with Gasteiger partial charge in [0.1, 0.15) is 0 Å². The molecule has 2 amide bonds. The van der Waals surface area contributed by atoms with Gasteiger partial charge in [0.15, 0.2) is 17.5 Å². The van der Waals surface area contributed by atoms with Crippen LogP contribution in [0.1, 0.15) is 96.8 Å². The zero-order valence-corrected chi connectivity index (χ0v) is 16.3. The van der Waals surface area contributed by atoms with Crippen LogP contribution in [0.3, 0.4) is 0 Å². The van der Waals surface area contributed by atoms with Gasteiger partial charge in [0.05, 0.1) is 0 Å². The van der Waals surface area contributed by atoms with Gasteiger partial charge in [0, 0.05) is 12.8 Å². The molecule has 26 heavy (non-hydrogen) atoms. The molecule has 0 aromatic rings. The number of amides is 2. The predicted molar refractivity (Wildman–Crippen MR) is 100 cm³/mol. The first kappa shape index (κ1) is 21.2. The fourth-order valence-corrected chi connectivity index (χ4v) is 4.20. The van der Waals surface area contributed by atoms with Crippen molar-refractivity contribution in [2.75, 3.05) is 0 Å². The monoisotopic (exact) mass is 368 g/mol. The summed E-state index contributed by atoms with van der Waals surface area (Å²) in [4.78, 5) is 23.8. The maximum absolute atomic E-state index is 12.0. The summed E-state index contributed by atoms with van der Waals surface area (Å²) in [7, 11) is 0. The van der Waals surface area contributed by atoms with Crippen molar-refractivity contribution in [3.63, 3.8) is 0 Å². The molecule has 4 N–H and O–H groups in total. The Morgan fingerprint density at radius 2 is 1.15 bits per heavy atom. The van der Waals surface area contributed by atoms with Crippen LogP contribution in [-0.4, -0.2) is 29.3 Å². The van der Waals surface area contributed by atoms with Crippen molar-refractivity contribution < 1.29 is 19.1 Å².